The number of nitrogens with one attached hydrogen (secondary N) is 1. The van der Waals surface area contributed by atoms with Gasteiger partial charge >= 0.3 is 0 Å². The number of aromatic nitrogens is 2. The van der Waals surface area contributed by atoms with Gasteiger partial charge in [0.15, 0.2) is 0 Å². The molecule has 2 aromatic heterocycles. The molecule has 2 N–H and O–H groups in total. The van der Waals surface area contributed by atoms with Crippen molar-refractivity contribution in [2.24, 2.45) is 0 Å². The molecule has 0 fully saturated rings. The highest BCUT2D eigenvalue weighted by atomic mass is 32.1. The lowest BCUT2D eigenvalue weighted by Crippen LogP contribution is -2.40. The zero-order valence-electron chi connectivity index (χ0n) is 13.3. The molecular weight excluding hydrogens is 312 g/mol. The van der Waals surface area contributed by atoms with Crippen molar-refractivity contribution < 1.29 is 9.90 Å². The van der Waals surface area contributed by atoms with Crippen LogP contribution in [0.2, 0.25) is 0 Å². The molecule has 0 saturated carbocycles. The van der Waals surface area contributed by atoms with Gasteiger partial charge in [-0.15, -0.1) is 11.3 Å². The Labute approximate surface area is 139 Å². The average Bonchev–Trinajstić information content (AvgIpc) is 3.20. The van der Waals surface area contributed by atoms with Crippen molar-refractivity contribution in [2.45, 2.75) is 39.6 Å². The van der Waals surface area contributed by atoms with E-state index in [9.17, 15) is 9.90 Å². The lowest BCUT2D eigenvalue weighted by Gasteiger charge is -2.27. The van der Waals surface area contributed by atoms with Crippen molar-refractivity contribution >= 4 is 17.2 Å². The van der Waals surface area contributed by atoms with Crippen LogP contribution in [0.15, 0.2) is 17.5 Å². The van der Waals surface area contributed by atoms with Crippen molar-refractivity contribution in [3.8, 4) is 0 Å². The van der Waals surface area contributed by atoms with Gasteiger partial charge in [0.2, 0.25) is 5.91 Å². The smallest absolute Gasteiger partial charge is 0.234 e. The number of carbonyl (C=O) groups is 1. The maximum absolute atomic E-state index is 12.1. The third-order valence-electron chi connectivity index (χ3n) is 4.15. The van der Waals surface area contributed by atoms with Gasteiger partial charge in [-0.05, 0) is 18.4 Å². The van der Waals surface area contributed by atoms with Gasteiger partial charge in [0.1, 0.15) is 0 Å². The Morgan fingerprint density at radius 2 is 2.39 bits per heavy atom. The number of fused-ring (bicyclic) bond motifs is 1. The molecule has 7 heteroatoms. The maximum Gasteiger partial charge on any atom is 0.234 e. The molecule has 3 heterocycles. The second-order valence-electron chi connectivity index (χ2n) is 5.66. The van der Waals surface area contributed by atoms with Crippen LogP contribution in [0.4, 0.5) is 0 Å². The maximum atomic E-state index is 12.1. The van der Waals surface area contributed by atoms with Crippen molar-refractivity contribution in [2.75, 3.05) is 13.1 Å². The number of thiophene rings is 1. The summed E-state index contributed by atoms with van der Waals surface area (Å²) in [6, 6.07) is 4.00. The zero-order chi connectivity index (χ0) is 16.2. The van der Waals surface area contributed by atoms with Crippen LogP contribution >= 0.6 is 11.3 Å². The molecule has 3 rings (SSSR count). The van der Waals surface area contributed by atoms with Crippen molar-refractivity contribution in [1.29, 1.82) is 0 Å². The molecule has 0 radical (unpaired) electrons. The number of carbonyl (C=O) groups excluding carboxylic acids is 1. The van der Waals surface area contributed by atoms with E-state index in [1.807, 2.05) is 22.2 Å². The van der Waals surface area contributed by atoms with Crippen molar-refractivity contribution in [3.63, 3.8) is 0 Å². The molecule has 2 aromatic rings. The first-order valence-corrected chi connectivity index (χ1v) is 8.79. The lowest BCUT2D eigenvalue weighted by atomic mass is 10.1. The van der Waals surface area contributed by atoms with Crippen LogP contribution in [0.1, 0.15) is 28.8 Å². The number of aryl methyl sites for hydroxylation is 1. The molecule has 0 spiro atoms. The number of hydrogen-bond donors (Lipinski definition) is 2. The number of aliphatic hydroxyl groups excluding tert-OH is 1. The summed E-state index contributed by atoms with van der Waals surface area (Å²) in [6.45, 7) is 5.31. The fourth-order valence-corrected chi connectivity index (χ4v) is 3.64. The number of nitrogens with zero attached hydrogens (tertiary/aromatic N) is 3. The summed E-state index contributed by atoms with van der Waals surface area (Å²) >= 11 is 1.64. The molecule has 23 heavy (non-hydrogen) atoms. The standard InChI is InChI=1S/C16H22N4O2S/c1-2-20-15-5-6-19(9-13(15)14(11-21)18-20)10-16(22)17-8-12-4-3-7-23-12/h3-4,7,21H,2,5-6,8-11H2,1H3,(H,17,22). The van der Waals surface area contributed by atoms with Gasteiger partial charge in [-0.2, -0.15) is 5.10 Å². The summed E-state index contributed by atoms with van der Waals surface area (Å²) in [5.41, 5.74) is 3.03. The third kappa shape index (κ3) is 3.63. The fourth-order valence-electron chi connectivity index (χ4n) is 3.00. The Kier molecular flexibility index (Phi) is 5.09. The van der Waals surface area contributed by atoms with Gasteiger partial charge in [0.25, 0.3) is 0 Å². The molecule has 0 aliphatic carbocycles. The SMILES string of the molecule is CCn1nc(CO)c2c1CCN(CC(=O)NCc1cccs1)C2. The van der Waals surface area contributed by atoms with Crippen molar-refractivity contribution in [1.82, 2.24) is 20.0 Å². The Morgan fingerprint density at radius 1 is 1.52 bits per heavy atom. The second kappa shape index (κ2) is 7.25. The molecule has 0 saturated heterocycles. The van der Waals surface area contributed by atoms with E-state index in [0.717, 1.165) is 35.6 Å². The minimum Gasteiger partial charge on any atom is -0.390 e. The number of rotatable bonds is 6. The number of hydrogen-bond acceptors (Lipinski definition) is 5. The van der Waals surface area contributed by atoms with Gasteiger partial charge in [-0.3, -0.25) is 14.4 Å². The molecule has 0 bridgehead atoms. The van der Waals surface area contributed by atoms with Gasteiger partial charge in [0.05, 0.1) is 25.4 Å². The quantitative estimate of drug-likeness (QED) is 0.831. The highest BCUT2D eigenvalue weighted by molar-refractivity contribution is 7.09. The minimum absolute atomic E-state index is 0.0373. The number of aliphatic hydroxyl groups is 1. The van der Waals surface area contributed by atoms with Crippen LogP contribution in [0, 0.1) is 0 Å². The Hall–Kier alpha value is -1.70. The molecule has 124 valence electrons. The third-order valence-corrected chi connectivity index (χ3v) is 5.03. The molecule has 1 aliphatic rings. The number of amides is 1. The van der Waals surface area contributed by atoms with Crippen LogP contribution in [0.25, 0.3) is 0 Å². The predicted octanol–water partition coefficient (Wildman–Crippen LogP) is 1.13. The van der Waals surface area contributed by atoms with E-state index in [1.54, 1.807) is 11.3 Å². The summed E-state index contributed by atoms with van der Waals surface area (Å²) in [6.07, 6.45) is 0.869. The molecule has 1 aliphatic heterocycles. The normalized spacial score (nSPS) is 14.7. The summed E-state index contributed by atoms with van der Waals surface area (Å²) in [5.74, 6) is 0.0373. The molecule has 6 nitrogen and oxygen atoms in total. The fraction of sp³-hybridized carbons (Fsp3) is 0.500. The summed E-state index contributed by atoms with van der Waals surface area (Å²) in [5, 5.41) is 18.9. The molecule has 0 aromatic carbocycles. The Morgan fingerprint density at radius 3 is 3.09 bits per heavy atom. The molecule has 0 unspecified atom stereocenters. The molecule has 0 atom stereocenters. The van der Waals surface area contributed by atoms with E-state index in [-0.39, 0.29) is 12.5 Å². The Balaban J connectivity index is 1.58. The first-order chi connectivity index (χ1) is 11.2. The van der Waals surface area contributed by atoms with E-state index in [0.29, 0.717) is 19.6 Å². The van der Waals surface area contributed by atoms with Gasteiger partial charge in [0, 0.05) is 42.2 Å². The monoisotopic (exact) mass is 334 g/mol. The van der Waals surface area contributed by atoms with Crippen LogP contribution in [-0.2, 0) is 37.5 Å². The largest absolute Gasteiger partial charge is 0.390 e. The van der Waals surface area contributed by atoms with E-state index in [1.165, 1.54) is 5.69 Å². The van der Waals surface area contributed by atoms with E-state index in [4.69, 9.17) is 0 Å². The van der Waals surface area contributed by atoms with Gasteiger partial charge < -0.3 is 10.4 Å². The average molecular weight is 334 g/mol. The van der Waals surface area contributed by atoms with Crippen molar-refractivity contribution in [3.05, 3.63) is 39.3 Å². The summed E-state index contributed by atoms with van der Waals surface area (Å²) in [7, 11) is 0. The first kappa shape index (κ1) is 16.2. The highest BCUT2D eigenvalue weighted by Gasteiger charge is 2.25. The lowest BCUT2D eigenvalue weighted by molar-refractivity contribution is -0.122. The minimum atomic E-state index is -0.0479. The highest BCUT2D eigenvalue weighted by Crippen LogP contribution is 2.22. The van der Waals surface area contributed by atoms with E-state index < -0.39 is 0 Å². The summed E-state index contributed by atoms with van der Waals surface area (Å²) in [4.78, 5) is 15.4. The van der Waals surface area contributed by atoms with Crippen LogP contribution in [0.5, 0.6) is 0 Å². The molecule has 1 amide bonds. The van der Waals surface area contributed by atoms with E-state index >= 15 is 0 Å². The van der Waals surface area contributed by atoms with Crippen LogP contribution in [0.3, 0.4) is 0 Å². The van der Waals surface area contributed by atoms with Crippen LogP contribution in [-0.4, -0.2) is 38.8 Å². The summed E-state index contributed by atoms with van der Waals surface area (Å²) < 4.78 is 1.97. The van der Waals surface area contributed by atoms with E-state index in [2.05, 4.69) is 22.2 Å². The first-order valence-electron chi connectivity index (χ1n) is 7.91. The Bertz CT molecular complexity index is 666. The second-order valence-corrected chi connectivity index (χ2v) is 6.69. The topological polar surface area (TPSA) is 70.4 Å². The predicted molar refractivity (Wildman–Crippen MR) is 89.0 cm³/mol. The van der Waals surface area contributed by atoms with Gasteiger partial charge in [-0.25, -0.2) is 0 Å². The zero-order valence-corrected chi connectivity index (χ0v) is 14.1. The van der Waals surface area contributed by atoms with Gasteiger partial charge in [-0.1, -0.05) is 6.07 Å². The van der Waals surface area contributed by atoms with Crippen LogP contribution < -0.4 is 5.32 Å². The molecular formula is C16H22N4O2S.